The monoisotopic (exact) mass is 270 g/mol. The van der Waals surface area contributed by atoms with Crippen LogP contribution < -0.4 is 5.73 Å². The van der Waals surface area contributed by atoms with Crippen molar-refractivity contribution < 1.29 is 4.79 Å². The van der Waals surface area contributed by atoms with Crippen molar-refractivity contribution in [2.45, 2.75) is 26.7 Å². The largest absolute Gasteiger partial charge is 0.330 e. The van der Waals surface area contributed by atoms with E-state index in [-0.39, 0.29) is 11.7 Å². The third-order valence-electron chi connectivity index (χ3n) is 3.55. The maximum absolute atomic E-state index is 12.5. The van der Waals surface area contributed by atoms with Gasteiger partial charge in [0, 0.05) is 23.6 Å². The van der Waals surface area contributed by atoms with Crippen LogP contribution in [-0.4, -0.2) is 17.3 Å². The van der Waals surface area contributed by atoms with Gasteiger partial charge < -0.3 is 5.73 Å². The van der Waals surface area contributed by atoms with Crippen molar-refractivity contribution in [3.8, 4) is 0 Å². The van der Waals surface area contributed by atoms with Crippen LogP contribution in [0.15, 0.2) is 36.5 Å². The Labute approximate surface area is 120 Å². The fourth-order valence-electron chi connectivity index (χ4n) is 2.63. The van der Waals surface area contributed by atoms with Crippen molar-refractivity contribution in [2.75, 3.05) is 6.54 Å². The van der Waals surface area contributed by atoms with E-state index >= 15 is 0 Å². The Morgan fingerprint density at radius 3 is 2.70 bits per heavy atom. The summed E-state index contributed by atoms with van der Waals surface area (Å²) in [6.45, 7) is 4.88. The lowest BCUT2D eigenvalue weighted by Gasteiger charge is -2.16. The zero-order valence-electron chi connectivity index (χ0n) is 12.2. The van der Waals surface area contributed by atoms with Crippen LogP contribution in [0.1, 0.15) is 37.0 Å². The molecule has 2 N–H and O–H groups in total. The number of benzene rings is 1. The smallest absolute Gasteiger partial charge is 0.165 e. The third kappa shape index (κ3) is 3.42. The Bertz CT molecular complexity index is 587. The van der Waals surface area contributed by atoms with Crippen molar-refractivity contribution in [3.05, 3.63) is 42.1 Å². The van der Waals surface area contributed by atoms with Gasteiger partial charge >= 0.3 is 0 Å². The molecule has 3 heteroatoms. The van der Waals surface area contributed by atoms with E-state index in [1.807, 2.05) is 30.3 Å². The van der Waals surface area contributed by atoms with E-state index < -0.39 is 0 Å². The summed E-state index contributed by atoms with van der Waals surface area (Å²) in [4.78, 5) is 16.9. The summed E-state index contributed by atoms with van der Waals surface area (Å²) in [5.41, 5.74) is 7.30. The number of nitrogens with two attached hydrogens (primary N) is 1. The highest BCUT2D eigenvalue weighted by Crippen LogP contribution is 2.21. The Kier molecular flexibility index (Phi) is 4.85. The SMILES string of the molecule is CC(C)CC(CN)CC(=O)c1cccc2cccnc12. The molecule has 1 heterocycles. The Hall–Kier alpha value is -1.74. The highest BCUT2D eigenvalue weighted by Gasteiger charge is 2.17. The average molecular weight is 270 g/mol. The fraction of sp³-hybridized carbons (Fsp3) is 0.412. The predicted octanol–water partition coefficient (Wildman–Crippen LogP) is 3.43. The van der Waals surface area contributed by atoms with Crippen LogP contribution in [0.25, 0.3) is 10.9 Å². The number of ketones is 1. The number of carbonyl (C=O) groups is 1. The second-order valence-electron chi connectivity index (χ2n) is 5.74. The standard InChI is InChI=1S/C17H22N2O/c1-12(2)9-13(11-18)10-16(20)15-7-3-5-14-6-4-8-19-17(14)15/h3-8,12-13H,9-11,18H2,1-2H3. The summed E-state index contributed by atoms with van der Waals surface area (Å²) in [7, 11) is 0. The topological polar surface area (TPSA) is 56.0 Å². The van der Waals surface area contributed by atoms with E-state index in [1.165, 1.54) is 0 Å². The van der Waals surface area contributed by atoms with Crippen LogP contribution in [0.3, 0.4) is 0 Å². The first-order chi connectivity index (χ1) is 9.61. The molecule has 20 heavy (non-hydrogen) atoms. The number of fused-ring (bicyclic) bond motifs is 1. The Morgan fingerprint density at radius 1 is 1.25 bits per heavy atom. The first-order valence-electron chi connectivity index (χ1n) is 7.18. The quantitative estimate of drug-likeness (QED) is 0.818. The van der Waals surface area contributed by atoms with Crippen LogP contribution in [0.2, 0.25) is 0 Å². The van der Waals surface area contributed by atoms with E-state index in [1.54, 1.807) is 6.20 Å². The summed E-state index contributed by atoms with van der Waals surface area (Å²) in [6.07, 6.45) is 3.22. The van der Waals surface area contributed by atoms with Gasteiger partial charge in [0.15, 0.2) is 5.78 Å². The molecule has 2 rings (SSSR count). The predicted molar refractivity (Wildman–Crippen MR) is 82.7 cm³/mol. The summed E-state index contributed by atoms with van der Waals surface area (Å²) in [6, 6.07) is 9.62. The number of nitrogens with zero attached hydrogens (tertiary/aromatic N) is 1. The lowest BCUT2D eigenvalue weighted by Crippen LogP contribution is -2.20. The van der Waals surface area contributed by atoms with Crippen LogP contribution in [-0.2, 0) is 0 Å². The fourth-order valence-corrected chi connectivity index (χ4v) is 2.63. The number of rotatable bonds is 6. The van der Waals surface area contributed by atoms with Gasteiger partial charge in [0.25, 0.3) is 0 Å². The van der Waals surface area contributed by atoms with E-state index in [4.69, 9.17) is 5.73 Å². The van der Waals surface area contributed by atoms with E-state index in [0.29, 0.717) is 24.4 Å². The first-order valence-corrected chi connectivity index (χ1v) is 7.18. The lowest BCUT2D eigenvalue weighted by molar-refractivity contribution is 0.0959. The molecule has 1 atom stereocenters. The van der Waals surface area contributed by atoms with Gasteiger partial charge in [-0.3, -0.25) is 9.78 Å². The van der Waals surface area contributed by atoms with Gasteiger partial charge in [0.05, 0.1) is 5.52 Å². The zero-order valence-corrected chi connectivity index (χ0v) is 12.2. The third-order valence-corrected chi connectivity index (χ3v) is 3.55. The summed E-state index contributed by atoms with van der Waals surface area (Å²) >= 11 is 0. The van der Waals surface area contributed by atoms with Crippen molar-refractivity contribution in [1.29, 1.82) is 0 Å². The van der Waals surface area contributed by atoms with Crippen molar-refractivity contribution >= 4 is 16.7 Å². The minimum atomic E-state index is 0.144. The number of hydrogen-bond donors (Lipinski definition) is 1. The second kappa shape index (κ2) is 6.62. The molecule has 0 saturated heterocycles. The Morgan fingerprint density at radius 2 is 2.00 bits per heavy atom. The molecule has 0 amide bonds. The number of para-hydroxylation sites is 1. The maximum atomic E-state index is 12.5. The highest BCUT2D eigenvalue weighted by atomic mass is 16.1. The van der Waals surface area contributed by atoms with E-state index in [2.05, 4.69) is 18.8 Å². The van der Waals surface area contributed by atoms with Gasteiger partial charge in [0.1, 0.15) is 0 Å². The molecule has 1 aromatic heterocycles. The van der Waals surface area contributed by atoms with Gasteiger partial charge in [0.2, 0.25) is 0 Å². The summed E-state index contributed by atoms with van der Waals surface area (Å²) in [5.74, 6) is 0.953. The molecule has 1 aromatic carbocycles. The molecular weight excluding hydrogens is 248 g/mol. The number of Topliss-reactive ketones (excluding diaryl/α,β-unsaturated/α-hetero) is 1. The minimum absolute atomic E-state index is 0.144. The van der Waals surface area contributed by atoms with Gasteiger partial charge in [-0.1, -0.05) is 32.0 Å². The van der Waals surface area contributed by atoms with E-state index in [0.717, 1.165) is 17.3 Å². The normalized spacial score (nSPS) is 12.8. The number of hydrogen-bond acceptors (Lipinski definition) is 3. The van der Waals surface area contributed by atoms with Crippen molar-refractivity contribution in [1.82, 2.24) is 4.98 Å². The molecule has 106 valence electrons. The summed E-state index contributed by atoms with van der Waals surface area (Å²) in [5, 5.41) is 1.01. The number of aromatic nitrogens is 1. The van der Waals surface area contributed by atoms with Gasteiger partial charge in [-0.05, 0) is 36.9 Å². The molecule has 0 fully saturated rings. The molecule has 0 saturated carbocycles. The zero-order chi connectivity index (χ0) is 14.5. The average Bonchev–Trinajstić information content (AvgIpc) is 2.45. The van der Waals surface area contributed by atoms with Crippen molar-refractivity contribution in [2.24, 2.45) is 17.6 Å². The molecule has 0 aliphatic rings. The van der Waals surface area contributed by atoms with Crippen LogP contribution in [0, 0.1) is 11.8 Å². The maximum Gasteiger partial charge on any atom is 0.165 e. The number of pyridine rings is 1. The molecule has 2 aromatic rings. The molecular formula is C17H22N2O. The molecule has 1 unspecified atom stereocenters. The highest BCUT2D eigenvalue weighted by molar-refractivity contribution is 6.06. The van der Waals surface area contributed by atoms with Gasteiger partial charge in [-0.25, -0.2) is 0 Å². The molecule has 0 spiro atoms. The van der Waals surface area contributed by atoms with Crippen LogP contribution in [0.4, 0.5) is 0 Å². The van der Waals surface area contributed by atoms with Gasteiger partial charge in [-0.2, -0.15) is 0 Å². The lowest BCUT2D eigenvalue weighted by atomic mass is 9.90. The second-order valence-corrected chi connectivity index (χ2v) is 5.74. The molecule has 0 bridgehead atoms. The van der Waals surface area contributed by atoms with E-state index in [9.17, 15) is 4.79 Å². The van der Waals surface area contributed by atoms with Crippen molar-refractivity contribution in [3.63, 3.8) is 0 Å². The minimum Gasteiger partial charge on any atom is -0.330 e. The number of carbonyl (C=O) groups excluding carboxylic acids is 1. The van der Waals surface area contributed by atoms with Crippen LogP contribution in [0.5, 0.6) is 0 Å². The molecule has 0 aliphatic carbocycles. The molecule has 0 aliphatic heterocycles. The first kappa shape index (κ1) is 14.7. The molecule has 0 radical (unpaired) electrons. The summed E-state index contributed by atoms with van der Waals surface area (Å²) < 4.78 is 0. The van der Waals surface area contributed by atoms with Gasteiger partial charge in [-0.15, -0.1) is 0 Å². The molecule has 3 nitrogen and oxygen atoms in total. The Balaban J connectivity index is 2.23. The van der Waals surface area contributed by atoms with Crippen LogP contribution >= 0.6 is 0 Å².